The fraction of sp³-hybridized carbons (Fsp3) is 0.357. The van der Waals surface area contributed by atoms with Crippen LogP contribution in [-0.2, 0) is 4.79 Å². The van der Waals surface area contributed by atoms with Gasteiger partial charge >= 0.3 is 5.97 Å². The van der Waals surface area contributed by atoms with Gasteiger partial charge in [0.05, 0.1) is 11.7 Å². The third-order valence-electron chi connectivity index (χ3n) is 3.91. The number of carbonyl (C=O) groups is 2. The molecule has 3 N–H and O–H groups in total. The van der Waals surface area contributed by atoms with Crippen LogP contribution in [0.15, 0.2) is 24.4 Å². The quantitative estimate of drug-likeness (QED) is 0.787. The molecule has 1 unspecified atom stereocenters. The van der Waals surface area contributed by atoms with E-state index in [1.807, 2.05) is 0 Å². The van der Waals surface area contributed by atoms with Gasteiger partial charge in [0.1, 0.15) is 5.54 Å². The summed E-state index contributed by atoms with van der Waals surface area (Å²) in [6, 6.07) is 5.11. The number of carboxylic acids is 1. The predicted octanol–water partition coefficient (Wildman–Crippen LogP) is 1.55. The Hall–Kier alpha value is -2.37. The van der Waals surface area contributed by atoms with Crippen LogP contribution in [0.2, 0.25) is 0 Å². The molecule has 1 heterocycles. The number of carboxylic acid groups (broad SMARTS) is 1. The van der Waals surface area contributed by atoms with Crippen molar-refractivity contribution < 1.29 is 14.7 Å². The molecule has 1 saturated carbocycles. The van der Waals surface area contributed by atoms with Crippen molar-refractivity contribution in [1.29, 1.82) is 0 Å². The number of nitrogens with one attached hydrogen (secondary N) is 2. The van der Waals surface area contributed by atoms with Gasteiger partial charge < -0.3 is 10.4 Å². The molecule has 2 aromatic rings. The molecule has 0 saturated heterocycles. The third kappa shape index (κ3) is 2.03. The van der Waals surface area contributed by atoms with Crippen LogP contribution in [0.5, 0.6) is 0 Å². The molecule has 0 radical (unpaired) electrons. The van der Waals surface area contributed by atoms with E-state index in [2.05, 4.69) is 15.5 Å². The molecule has 1 fully saturated rings. The first kappa shape index (κ1) is 12.7. The Morgan fingerprint density at radius 1 is 1.45 bits per heavy atom. The zero-order valence-corrected chi connectivity index (χ0v) is 11.0. The van der Waals surface area contributed by atoms with Crippen molar-refractivity contribution in [2.45, 2.75) is 25.3 Å². The number of hydrogen-bond donors (Lipinski definition) is 3. The first-order valence-corrected chi connectivity index (χ1v) is 6.50. The minimum absolute atomic E-state index is 0.0154. The lowest BCUT2D eigenvalue weighted by molar-refractivity contribution is -0.144. The lowest BCUT2D eigenvalue weighted by Crippen LogP contribution is -2.54. The number of aromatic nitrogens is 2. The van der Waals surface area contributed by atoms with Gasteiger partial charge in [-0.05, 0) is 43.9 Å². The van der Waals surface area contributed by atoms with E-state index in [1.54, 1.807) is 31.3 Å². The number of benzene rings is 1. The summed E-state index contributed by atoms with van der Waals surface area (Å²) in [6.45, 7) is 1.57. The maximum Gasteiger partial charge on any atom is 0.329 e. The molecule has 1 amide bonds. The van der Waals surface area contributed by atoms with Gasteiger partial charge in [0.25, 0.3) is 5.91 Å². The number of nitrogens with zero attached hydrogens (tertiary/aromatic N) is 1. The van der Waals surface area contributed by atoms with Gasteiger partial charge in [0, 0.05) is 10.9 Å². The monoisotopic (exact) mass is 273 g/mol. The maximum absolute atomic E-state index is 12.3. The Morgan fingerprint density at radius 3 is 2.85 bits per heavy atom. The van der Waals surface area contributed by atoms with E-state index in [0.29, 0.717) is 5.56 Å². The topological polar surface area (TPSA) is 95.1 Å². The first-order chi connectivity index (χ1) is 9.50. The van der Waals surface area contributed by atoms with E-state index in [0.717, 1.165) is 23.7 Å². The molecule has 1 atom stereocenters. The Morgan fingerprint density at radius 2 is 2.20 bits per heavy atom. The molecule has 6 nitrogen and oxygen atoms in total. The summed E-state index contributed by atoms with van der Waals surface area (Å²) in [5.74, 6) is -1.34. The molecule has 1 aromatic carbocycles. The van der Waals surface area contributed by atoms with Gasteiger partial charge in [-0.15, -0.1) is 0 Å². The zero-order chi connectivity index (χ0) is 14.3. The van der Waals surface area contributed by atoms with E-state index >= 15 is 0 Å². The number of hydrogen-bond acceptors (Lipinski definition) is 3. The fourth-order valence-corrected chi connectivity index (χ4v) is 2.38. The zero-order valence-electron chi connectivity index (χ0n) is 11.0. The average Bonchev–Trinajstić information content (AvgIpc) is 3.16. The van der Waals surface area contributed by atoms with Crippen LogP contribution in [0, 0.1) is 5.92 Å². The standard InChI is InChI=1S/C14H15N3O3/c1-14(13(19)20,10-3-4-10)16-12(18)8-2-5-11-9(6-8)7-15-17-11/h2,5-7,10H,3-4H2,1H3,(H,15,17)(H,16,18)(H,19,20). The third-order valence-corrected chi connectivity index (χ3v) is 3.91. The lowest BCUT2D eigenvalue weighted by Gasteiger charge is -2.26. The molecule has 3 rings (SSSR count). The van der Waals surface area contributed by atoms with Crippen LogP contribution in [0.3, 0.4) is 0 Å². The Balaban J connectivity index is 1.86. The van der Waals surface area contributed by atoms with Crippen molar-refractivity contribution in [3.8, 4) is 0 Å². The normalized spacial score (nSPS) is 17.6. The number of rotatable bonds is 4. The molecule has 6 heteroatoms. The lowest BCUT2D eigenvalue weighted by atomic mass is 9.95. The highest BCUT2D eigenvalue weighted by molar-refractivity contribution is 6.00. The SMILES string of the molecule is CC(NC(=O)c1ccc2[nH]ncc2c1)(C(=O)O)C1CC1. The maximum atomic E-state index is 12.3. The van der Waals surface area contributed by atoms with Crippen molar-refractivity contribution in [2.75, 3.05) is 0 Å². The summed E-state index contributed by atoms with van der Waals surface area (Å²) in [5, 5.41) is 19.5. The van der Waals surface area contributed by atoms with E-state index in [-0.39, 0.29) is 11.8 Å². The summed E-state index contributed by atoms with van der Waals surface area (Å²) in [5.41, 5.74) is 0.0828. The van der Waals surface area contributed by atoms with Crippen molar-refractivity contribution in [1.82, 2.24) is 15.5 Å². The van der Waals surface area contributed by atoms with E-state index in [9.17, 15) is 14.7 Å². The second kappa shape index (κ2) is 4.33. The summed E-state index contributed by atoms with van der Waals surface area (Å²) in [4.78, 5) is 23.7. The first-order valence-electron chi connectivity index (χ1n) is 6.50. The summed E-state index contributed by atoms with van der Waals surface area (Å²) in [6.07, 6.45) is 3.30. The van der Waals surface area contributed by atoms with Crippen molar-refractivity contribution in [2.24, 2.45) is 5.92 Å². The van der Waals surface area contributed by atoms with Gasteiger partial charge in [0.15, 0.2) is 0 Å². The molecule has 1 aliphatic rings. The Labute approximate surface area is 115 Å². The van der Waals surface area contributed by atoms with E-state index in [4.69, 9.17) is 0 Å². The highest BCUT2D eigenvalue weighted by Gasteiger charge is 2.48. The summed E-state index contributed by atoms with van der Waals surface area (Å²) in [7, 11) is 0. The van der Waals surface area contributed by atoms with Crippen LogP contribution in [0.1, 0.15) is 30.1 Å². The molecule has 0 spiro atoms. The molecule has 1 aliphatic carbocycles. The summed E-state index contributed by atoms with van der Waals surface area (Å²) >= 11 is 0. The van der Waals surface area contributed by atoms with Crippen molar-refractivity contribution in [3.05, 3.63) is 30.0 Å². The average molecular weight is 273 g/mol. The van der Waals surface area contributed by atoms with E-state index in [1.165, 1.54) is 0 Å². The molecule has 1 aromatic heterocycles. The van der Waals surface area contributed by atoms with Crippen LogP contribution < -0.4 is 5.32 Å². The van der Waals surface area contributed by atoms with Crippen LogP contribution >= 0.6 is 0 Å². The van der Waals surface area contributed by atoms with Crippen LogP contribution in [0.4, 0.5) is 0 Å². The minimum atomic E-state index is -1.19. The smallest absolute Gasteiger partial charge is 0.329 e. The van der Waals surface area contributed by atoms with Crippen molar-refractivity contribution >= 4 is 22.8 Å². The molecule has 104 valence electrons. The molecule has 0 aliphatic heterocycles. The largest absolute Gasteiger partial charge is 0.480 e. The second-order valence-corrected chi connectivity index (χ2v) is 5.41. The second-order valence-electron chi connectivity index (χ2n) is 5.41. The van der Waals surface area contributed by atoms with Crippen LogP contribution in [0.25, 0.3) is 10.9 Å². The van der Waals surface area contributed by atoms with Gasteiger partial charge in [-0.25, -0.2) is 4.79 Å². The van der Waals surface area contributed by atoms with Gasteiger partial charge in [-0.2, -0.15) is 5.10 Å². The van der Waals surface area contributed by atoms with Crippen LogP contribution in [-0.4, -0.2) is 32.7 Å². The number of carbonyl (C=O) groups excluding carboxylic acids is 1. The van der Waals surface area contributed by atoms with E-state index < -0.39 is 11.5 Å². The highest BCUT2D eigenvalue weighted by atomic mass is 16.4. The minimum Gasteiger partial charge on any atom is -0.480 e. The number of H-pyrrole nitrogens is 1. The Kier molecular flexibility index (Phi) is 2.74. The molecular formula is C14H15N3O3. The van der Waals surface area contributed by atoms with Gasteiger partial charge in [-0.3, -0.25) is 9.89 Å². The highest BCUT2D eigenvalue weighted by Crippen LogP contribution is 2.39. The predicted molar refractivity (Wildman–Crippen MR) is 72.3 cm³/mol. The Bertz CT molecular complexity index is 690. The number of aromatic amines is 1. The number of fused-ring (bicyclic) bond motifs is 1. The molecule has 0 bridgehead atoms. The van der Waals surface area contributed by atoms with Crippen molar-refractivity contribution in [3.63, 3.8) is 0 Å². The summed E-state index contributed by atoms with van der Waals surface area (Å²) < 4.78 is 0. The fourth-order valence-electron chi connectivity index (χ4n) is 2.38. The molecular weight excluding hydrogens is 258 g/mol. The number of aliphatic carboxylic acids is 1. The molecule has 20 heavy (non-hydrogen) atoms. The van der Waals surface area contributed by atoms with Gasteiger partial charge in [-0.1, -0.05) is 0 Å². The van der Waals surface area contributed by atoms with Gasteiger partial charge in [0.2, 0.25) is 0 Å². The number of amides is 1.